The summed E-state index contributed by atoms with van der Waals surface area (Å²) in [5.74, 6) is 11.5. The van der Waals surface area contributed by atoms with Gasteiger partial charge in [-0.1, -0.05) is 18.1 Å². The van der Waals surface area contributed by atoms with Gasteiger partial charge in [0, 0.05) is 18.8 Å². The van der Waals surface area contributed by atoms with Crippen molar-refractivity contribution in [2.45, 2.75) is 32.2 Å². The molecule has 2 aromatic rings. The van der Waals surface area contributed by atoms with Gasteiger partial charge in [-0.25, -0.2) is 9.37 Å². The molecule has 0 saturated carbocycles. The number of piperidine rings is 1. The highest BCUT2D eigenvalue weighted by molar-refractivity contribution is 6.13. The van der Waals surface area contributed by atoms with Crippen LogP contribution in [-0.4, -0.2) is 50.9 Å². The zero-order valence-electron chi connectivity index (χ0n) is 20.2. The normalized spacial score (nSPS) is 22.2. The van der Waals surface area contributed by atoms with Crippen molar-refractivity contribution in [2.24, 2.45) is 15.8 Å². The average Bonchev–Trinajstić information content (AvgIpc) is 3.21. The van der Waals surface area contributed by atoms with Crippen molar-refractivity contribution in [1.29, 1.82) is 0 Å². The summed E-state index contributed by atoms with van der Waals surface area (Å²) in [4.78, 5) is 41.1. The molecule has 0 spiro atoms. The van der Waals surface area contributed by atoms with Gasteiger partial charge in [0.2, 0.25) is 5.70 Å². The molecular weight excluding hydrogens is 473 g/mol. The summed E-state index contributed by atoms with van der Waals surface area (Å²) in [5.41, 5.74) is 2.03. The minimum atomic E-state index is -0.513. The number of amides is 2. The van der Waals surface area contributed by atoms with Gasteiger partial charge in [0.15, 0.2) is 0 Å². The van der Waals surface area contributed by atoms with Gasteiger partial charge < -0.3 is 10.2 Å². The Kier molecular flexibility index (Phi) is 6.48. The molecule has 37 heavy (non-hydrogen) atoms. The lowest BCUT2D eigenvalue weighted by atomic mass is 9.98. The third-order valence-electron chi connectivity index (χ3n) is 6.51. The highest BCUT2D eigenvalue weighted by Gasteiger charge is 2.48. The molecule has 4 heterocycles. The standard InChI is InChI=1S/C27H24FN7O2/c1-2-7-24(36)34-14-6-5-10-21(34)25-22-17-30-13-15-35(22,29)26(33-25)19-8-3-4-9-20(19)27(37)32-23-16-18(28)11-12-31-23/h3-4,8-9,11-13,15-17,21H,5-6,10,14,29H2,1H3/p+1. The van der Waals surface area contributed by atoms with Crippen LogP contribution in [0.2, 0.25) is 0 Å². The van der Waals surface area contributed by atoms with E-state index >= 15 is 0 Å². The summed E-state index contributed by atoms with van der Waals surface area (Å²) in [6.07, 6.45) is 8.69. The van der Waals surface area contributed by atoms with E-state index in [1.165, 1.54) is 12.3 Å². The van der Waals surface area contributed by atoms with Crippen LogP contribution < -0.4 is 11.2 Å². The molecule has 5 rings (SSSR count). The van der Waals surface area contributed by atoms with Gasteiger partial charge in [-0.15, -0.1) is 4.59 Å². The minimum Gasteiger partial charge on any atom is -0.323 e. The van der Waals surface area contributed by atoms with Crippen LogP contribution in [0, 0.1) is 17.7 Å². The van der Waals surface area contributed by atoms with Crippen LogP contribution in [0.15, 0.2) is 76.4 Å². The number of hydrogen-bond acceptors (Lipinski definition) is 6. The first kappa shape index (κ1) is 24.2. The topological polar surface area (TPSA) is 113 Å². The largest absolute Gasteiger partial charge is 0.323 e. The van der Waals surface area contributed by atoms with E-state index < -0.39 is 11.7 Å². The van der Waals surface area contributed by atoms with Crippen molar-refractivity contribution in [3.05, 3.63) is 83.3 Å². The first-order valence-corrected chi connectivity index (χ1v) is 11.9. The van der Waals surface area contributed by atoms with Crippen LogP contribution in [0.4, 0.5) is 10.2 Å². The highest BCUT2D eigenvalue weighted by atomic mass is 19.1. The van der Waals surface area contributed by atoms with E-state index in [4.69, 9.17) is 10.8 Å². The Labute approximate surface area is 213 Å². The number of amidine groups is 1. The number of benzene rings is 1. The molecule has 1 fully saturated rings. The molecule has 9 nitrogen and oxygen atoms in total. The summed E-state index contributed by atoms with van der Waals surface area (Å²) in [7, 11) is 0. The van der Waals surface area contributed by atoms with E-state index in [1.807, 2.05) is 0 Å². The number of anilines is 1. The fourth-order valence-corrected chi connectivity index (χ4v) is 4.80. The number of aliphatic imine (C=N–C) groups is 2. The molecular formula is C27H25FN7O2+. The molecule has 3 aliphatic heterocycles. The maximum atomic E-state index is 13.6. The predicted molar refractivity (Wildman–Crippen MR) is 137 cm³/mol. The molecule has 2 unspecified atom stereocenters. The summed E-state index contributed by atoms with van der Waals surface area (Å²) in [5, 5.41) is 2.64. The molecule has 3 aliphatic rings. The summed E-state index contributed by atoms with van der Waals surface area (Å²) in [6, 6.07) is 8.92. The fourth-order valence-electron chi connectivity index (χ4n) is 4.80. The Morgan fingerprint density at radius 3 is 2.89 bits per heavy atom. The zero-order chi connectivity index (χ0) is 26.0. The maximum absolute atomic E-state index is 13.6. The molecule has 2 amide bonds. The van der Waals surface area contributed by atoms with Crippen molar-refractivity contribution in [2.75, 3.05) is 11.9 Å². The Balaban J connectivity index is 1.57. The van der Waals surface area contributed by atoms with Gasteiger partial charge in [-0.2, -0.15) is 10.8 Å². The van der Waals surface area contributed by atoms with E-state index in [2.05, 4.69) is 27.1 Å². The zero-order valence-corrected chi connectivity index (χ0v) is 20.2. The Bertz CT molecular complexity index is 1470. The van der Waals surface area contributed by atoms with E-state index in [9.17, 15) is 14.0 Å². The Morgan fingerprint density at radius 1 is 1.24 bits per heavy atom. The number of quaternary nitrogens is 1. The van der Waals surface area contributed by atoms with Crippen molar-refractivity contribution < 1.29 is 18.6 Å². The predicted octanol–water partition coefficient (Wildman–Crippen LogP) is 3.10. The van der Waals surface area contributed by atoms with E-state index in [0.29, 0.717) is 41.3 Å². The van der Waals surface area contributed by atoms with E-state index in [0.717, 1.165) is 18.9 Å². The third-order valence-corrected chi connectivity index (χ3v) is 6.51. The van der Waals surface area contributed by atoms with E-state index in [-0.39, 0.29) is 22.4 Å². The number of likely N-dealkylation sites (tertiary alicyclic amines) is 1. The van der Waals surface area contributed by atoms with Crippen molar-refractivity contribution in [1.82, 2.24) is 9.88 Å². The summed E-state index contributed by atoms with van der Waals surface area (Å²) >= 11 is 0. The van der Waals surface area contributed by atoms with E-state index in [1.54, 1.807) is 54.7 Å². The molecule has 1 aromatic heterocycles. The van der Waals surface area contributed by atoms with Crippen molar-refractivity contribution in [3.63, 3.8) is 0 Å². The number of nitrogens with zero attached hydrogens (tertiary/aromatic N) is 5. The number of aromatic nitrogens is 1. The van der Waals surface area contributed by atoms with Crippen LogP contribution in [0.1, 0.15) is 42.1 Å². The fraction of sp³-hybridized carbons (Fsp3) is 0.222. The summed E-state index contributed by atoms with van der Waals surface area (Å²) in [6.45, 7) is 2.20. The highest BCUT2D eigenvalue weighted by Crippen LogP contribution is 2.37. The van der Waals surface area contributed by atoms with Gasteiger partial charge in [0.25, 0.3) is 17.6 Å². The van der Waals surface area contributed by atoms with Gasteiger partial charge in [-0.3, -0.25) is 14.6 Å². The quantitative estimate of drug-likeness (QED) is 0.383. The molecule has 0 bridgehead atoms. The summed E-state index contributed by atoms with van der Waals surface area (Å²) < 4.78 is 13.3. The van der Waals surface area contributed by atoms with Crippen molar-refractivity contribution >= 4 is 29.7 Å². The first-order chi connectivity index (χ1) is 17.9. The van der Waals surface area contributed by atoms with Crippen LogP contribution >= 0.6 is 0 Å². The number of carbonyl (C=O) groups excluding carboxylic acids is 2. The smallest absolute Gasteiger partial charge is 0.299 e. The number of rotatable bonds is 4. The number of hydrogen-bond donors (Lipinski definition) is 2. The number of pyridine rings is 1. The second-order valence-corrected chi connectivity index (χ2v) is 8.80. The second-order valence-electron chi connectivity index (χ2n) is 8.80. The molecule has 0 radical (unpaired) electrons. The molecule has 1 aromatic carbocycles. The Hall–Kier alpha value is -4.46. The molecule has 1 saturated heterocycles. The maximum Gasteiger partial charge on any atom is 0.299 e. The molecule has 10 heteroatoms. The number of fused-ring (bicyclic) bond motifs is 1. The number of allylic oxidation sites excluding steroid dienone is 1. The Morgan fingerprint density at radius 2 is 2.08 bits per heavy atom. The second kappa shape index (κ2) is 9.89. The lowest BCUT2D eigenvalue weighted by Crippen LogP contribution is -2.53. The van der Waals surface area contributed by atoms with Crippen LogP contribution in [0.3, 0.4) is 0 Å². The minimum absolute atomic E-state index is 0.0858. The monoisotopic (exact) mass is 498 g/mol. The molecule has 3 N–H and O–H groups in total. The van der Waals surface area contributed by atoms with Crippen molar-refractivity contribution in [3.8, 4) is 11.8 Å². The number of nitrogens with one attached hydrogen (secondary N) is 1. The van der Waals surface area contributed by atoms with Crippen LogP contribution in [-0.2, 0) is 4.79 Å². The molecule has 0 aliphatic carbocycles. The number of carbonyl (C=O) groups is 2. The lowest BCUT2D eigenvalue weighted by molar-refractivity contribution is -0.750. The van der Waals surface area contributed by atoms with Crippen LogP contribution in [0.25, 0.3) is 0 Å². The van der Waals surface area contributed by atoms with Gasteiger partial charge in [0.05, 0.1) is 29.6 Å². The average molecular weight is 499 g/mol. The molecule has 186 valence electrons. The number of halogens is 1. The number of nitrogens with two attached hydrogens (primary N) is 1. The van der Waals surface area contributed by atoms with Gasteiger partial charge in [0.1, 0.15) is 23.5 Å². The van der Waals surface area contributed by atoms with Gasteiger partial charge in [-0.05, 0) is 50.3 Å². The van der Waals surface area contributed by atoms with Gasteiger partial charge >= 0.3 is 0 Å². The SMILES string of the molecule is CC#CC(=O)N1CCCCC1C1=C2C=NC=C[N+]2(N)C(c2ccccc2C(=O)Nc2cc(F)ccn2)=N1. The molecule has 2 atom stereocenters. The third kappa shape index (κ3) is 4.46. The van der Waals surface area contributed by atoms with Crippen LogP contribution in [0.5, 0.6) is 0 Å². The first-order valence-electron chi connectivity index (χ1n) is 11.9. The lowest BCUT2D eigenvalue weighted by Gasteiger charge is -2.34.